The number of hydrogen-bond donors (Lipinski definition) is 3. The van der Waals surface area contributed by atoms with Gasteiger partial charge < -0.3 is 20.6 Å². The van der Waals surface area contributed by atoms with E-state index < -0.39 is 33.8 Å². The maximum Gasteiger partial charge on any atom is 0.246 e. The summed E-state index contributed by atoms with van der Waals surface area (Å²) in [5.74, 6) is -1.12. The van der Waals surface area contributed by atoms with E-state index in [-0.39, 0.29) is 30.8 Å². The van der Waals surface area contributed by atoms with Crippen molar-refractivity contribution in [2.75, 3.05) is 6.54 Å². The van der Waals surface area contributed by atoms with Gasteiger partial charge in [-0.2, -0.15) is 0 Å². The summed E-state index contributed by atoms with van der Waals surface area (Å²) >= 11 is 5.06. The van der Waals surface area contributed by atoms with Crippen LogP contribution in [0.4, 0.5) is 0 Å². The number of aliphatic hydroxyl groups is 1. The molecule has 0 bridgehead atoms. The Hall–Kier alpha value is -2.89. The van der Waals surface area contributed by atoms with Crippen molar-refractivity contribution < 1.29 is 19.5 Å². The number of alkyl halides is 1. The molecule has 3 N–H and O–H groups in total. The number of β-amino-alcohol motifs (C(OH)–C–C–N with tert-alkyl or cyclic N) is 1. The molecule has 214 valence electrons. The molecule has 2 aliphatic rings. The number of nitrogens with zero attached hydrogens (tertiary/aromatic N) is 3. The fourth-order valence-electron chi connectivity index (χ4n) is 4.91. The van der Waals surface area contributed by atoms with E-state index in [9.17, 15) is 19.5 Å². The van der Waals surface area contributed by atoms with Gasteiger partial charge in [0.05, 0.1) is 28.2 Å². The summed E-state index contributed by atoms with van der Waals surface area (Å²) in [7, 11) is 0. The lowest BCUT2D eigenvalue weighted by Crippen LogP contribution is -2.60. The SMILES string of the molecule is Cc1ncsc1-c1ccc([C@H](C)NC(=O)[C@@H]2C[C@@H](O)CN2C(=O)[C@@H](NC(=O)C2(Br)C=CN=CC2)C(C)(C)C)cc1. The second kappa shape index (κ2) is 11.9. The van der Waals surface area contributed by atoms with Crippen molar-refractivity contribution in [1.82, 2.24) is 20.5 Å². The number of aliphatic hydroxyl groups excluding tert-OH is 1. The molecule has 5 atom stereocenters. The molecule has 0 aliphatic carbocycles. The predicted molar refractivity (Wildman–Crippen MR) is 160 cm³/mol. The Morgan fingerprint density at radius 2 is 1.90 bits per heavy atom. The zero-order valence-electron chi connectivity index (χ0n) is 23.3. The number of hydrogen-bond acceptors (Lipinski definition) is 7. The van der Waals surface area contributed by atoms with E-state index in [2.05, 4.69) is 36.5 Å². The van der Waals surface area contributed by atoms with Gasteiger partial charge in [-0.1, -0.05) is 61.0 Å². The van der Waals surface area contributed by atoms with Crippen LogP contribution in [0.1, 0.15) is 57.8 Å². The number of amides is 3. The molecule has 40 heavy (non-hydrogen) atoms. The number of carbonyl (C=O) groups is 3. The highest BCUT2D eigenvalue weighted by molar-refractivity contribution is 9.10. The van der Waals surface area contributed by atoms with Gasteiger partial charge in [-0.25, -0.2) is 4.98 Å². The van der Waals surface area contributed by atoms with Gasteiger partial charge in [-0.3, -0.25) is 19.4 Å². The Balaban J connectivity index is 1.47. The number of thiazole rings is 1. The maximum absolute atomic E-state index is 13.9. The van der Waals surface area contributed by atoms with Crippen molar-refractivity contribution in [3.63, 3.8) is 0 Å². The van der Waals surface area contributed by atoms with Crippen LogP contribution in [0.15, 0.2) is 47.0 Å². The minimum Gasteiger partial charge on any atom is -0.391 e. The molecule has 0 saturated carbocycles. The van der Waals surface area contributed by atoms with Gasteiger partial charge in [-0.05, 0) is 36.5 Å². The molecule has 3 heterocycles. The van der Waals surface area contributed by atoms with Crippen LogP contribution in [-0.2, 0) is 14.4 Å². The highest BCUT2D eigenvalue weighted by Gasteiger charge is 2.46. The van der Waals surface area contributed by atoms with Gasteiger partial charge >= 0.3 is 0 Å². The molecule has 1 fully saturated rings. The average Bonchev–Trinajstić information content (AvgIpc) is 3.52. The van der Waals surface area contributed by atoms with E-state index in [1.165, 1.54) is 11.1 Å². The van der Waals surface area contributed by atoms with Gasteiger partial charge in [0.1, 0.15) is 16.4 Å². The minimum absolute atomic E-state index is 0.0165. The van der Waals surface area contributed by atoms with Crippen molar-refractivity contribution in [3.05, 3.63) is 53.3 Å². The van der Waals surface area contributed by atoms with Crippen LogP contribution in [0.3, 0.4) is 0 Å². The van der Waals surface area contributed by atoms with Gasteiger partial charge in [0.2, 0.25) is 17.7 Å². The first-order chi connectivity index (χ1) is 18.8. The van der Waals surface area contributed by atoms with Crippen LogP contribution in [-0.4, -0.2) is 68.0 Å². The zero-order valence-corrected chi connectivity index (χ0v) is 25.8. The molecule has 0 radical (unpaired) electrons. The summed E-state index contributed by atoms with van der Waals surface area (Å²) in [6.45, 7) is 9.45. The topological polar surface area (TPSA) is 124 Å². The number of rotatable bonds is 7. The third-order valence-corrected chi connectivity index (χ3v) is 9.25. The van der Waals surface area contributed by atoms with Crippen molar-refractivity contribution in [1.29, 1.82) is 0 Å². The van der Waals surface area contributed by atoms with Crippen LogP contribution in [0.2, 0.25) is 0 Å². The van der Waals surface area contributed by atoms with Crippen LogP contribution >= 0.6 is 27.3 Å². The molecule has 1 aromatic carbocycles. The molecule has 1 aromatic heterocycles. The van der Waals surface area contributed by atoms with E-state index in [0.29, 0.717) is 6.42 Å². The van der Waals surface area contributed by atoms with Crippen molar-refractivity contribution in [3.8, 4) is 10.4 Å². The number of aromatic nitrogens is 1. The molecule has 1 saturated heterocycles. The molecule has 9 nitrogen and oxygen atoms in total. The van der Waals surface area contributed by atoms with E-state index in [1.807, 2.05) is 64.4 Å². The first-order valence-electron chi connectivity index (χ1n) is 13.3. The van der Waals surface area contributed by atoms with E-state index >= 15 is 0 Å². The van der Waals surface area contributed by atoms with Gasteiger partial charge in [0.15, 0.2) is 0 Å². The van der Waals surface area contributed by atoms with E-state index in [1.54, 1.807) is 23.6 Å². The minimum atomic E-state index is -1.01. The maximum atomic E-state index is 13.9. The Kier molecular flexibility index (Phi) is 8.96. The van der Waals surface area contributed by atoms with Crippen LogP contribution in [0.25, 0.3) is 10.4 Å². The Labute approximate surface area is 247 Å². The van der Waals surface area contributed by atoms with Crippen LogP contribution in [0, 0.1) is 12.3 Å². The smallest absolute Gasteiger partial charge is 0.246 e. The lowest BCUT2D eigenvalue weighted by atomic mass is 9.85. The molecule has 2 aliphatic heterocycles. The monoisotopic (exact) mass is 629 g/mol. The quantitative estimate of drug-likeness (QED) is 0.401. The fraction of sp³-hybridized carbons (Fsp3) is 0.483. The molecule has 3 amide bonds. The first kappa shape index (κ1) is 30.1. The Bertz CT molecular complexity index is 1320. The molecular formula is C29H36BrN5O4S. The first-order valence-corrected chi connectivity index (χ1v) is 15.0. The number of halogens is 1. The number of aryl methyl sites for hydroxylation is 1. The summed E-state index contributed by atoms with van der Waals surface area (Å²) < 4.78 is -1.01. The zero-order chi connectivity index (χ0) is 29.2. The van der Waals surface area contributed by atoms with Crippen molar-refractivity contribution in [2.45, 2.75) is 76.0 Å². The number of benzene rings is 1. The summed E-state index contributed by atoms with van der Waals surface area (Å²) in [5.41, 5.74) is 4.13. The van der Waals surface area contributed by atoms with E-state index in [4.69, 9.17) is 0 Å². The van der Waals surface area contributed by atoms with Crippen LogP contribution < -0.4 is 10.6 Å². The highest BCUT2D eigenvalue weighted by Crippen LogP contribution is 2.31. The van der Waals surface area contributed by atoms with Crippen molar-refractivity contribution >= 4 is 51.2 Å². The summed E-state index contributed by atoms with van der Waals surface area (Å²) in [6.07, 6.45) is 4.45. The molecule has 2 aromatic rings. The normalized spacial score (nSPS) is 24.0. The molecule has 4 rings (SSSR count). The van der Waals surface area contributed by atoms with E-state index in [0.717, 1.165) is 21.7 Å². The van der Waals surface area contributed by atoms with Crippen molar-refractivity contribution in [2.24, 2.45) is 10.4 Å². The van der Waals surface area contributed by atoms with Gasteiger partial charge in [0, 0.05) is 31.8 Å². The highest BCUT2D eigenvalue weighted by atomic mass is 79.9. The molecule has 11 heteroatoms. The second-order valence-corrected chi connectivity index (χ2v) is 13.8. The third-order valence-electron chi connectivity index (χ3n) is 7.33. The molecule has 0 spiro atoms. The van der Waals surface area contributed by atoms with Gasteiger partial charge in [-0.15, -0.1) is 11.3 Å². The number of nitrogens with one attached hydrogen (secondary N) is 2. The number of carbonyl (C=O) groups excluding carboxylic acids is 3. The van der Waals surface area contributed by atoms with Crippen LogP contribution in [0.5, 0.6) is 0 Å². The average molecular weight is 631 g/mol. The summed E-state index contributed by atoms with van der Waals surface area (Å²) in [4.78, 5) is 51.4. The molecular weight excluding hydrogens is 594 g/mol. The van der Waals surface area contributed by atoms with Gasteiger partial charge in [0.25, 0.3) is 0 Å². The lowest BCUT2D eigenvalue weighted by molar-refractivity contribution is -0.144. The summed E-state index contributed by atoms with van der Waals surface area (Å²) in [5, 5.41) is 16.4. The Morgan fingerprint density at radius 3 is 2.48 bits per heavy atom. The third kappa shape index (κ3) is 6.53. The fourth-order valence-corrected chi connectivity index (χ4v) is 6.10. The molecule has 1 unspecified atom stereocenters. The predicted octanol–water partition coefficient (Wildman–Crippen LogP) is 3.91. The number of likely N-dealkylation sites (tertiary alicyclic amines) is 1. The standard InChI is InChI=1S/C29H36BrN5O4S/c1-17(19-6-8-20(9-7-19)23-18(2)32-16-40-23)33-25(37)22-14-21(36)15-35(22)26(38)24(28(3,4)5)34-27(39)29(30)10-12-31-13-11-29/h6-10,12-13,16-17,21-22,24,36H,11,14-15H2,1-5H3,(H,33,37)(H,34,39)/t17-,21+,22-,24+,29?/m0/s1. The number of aliphatic imine (C=N–C) groups is 1. The summed E-state index contributed by atoms with van der Waals surface area (Å²) in [6, 6.07) is 5.87. The lowest BCUT2D eigenvalue weighted by Gasteiger charge is -2.37. The Morgan fingerprint density at radius 1 is 1.20 bits per heavy atom. The second-order valence-electron chi connectivity index (χ2n) is 11.5. The largest absolute Gasteiger partial charge is 0.391 e.